The van der Waals surface area contributed by atoms with E-state index in [9.17, 15) is 13.6 Å². The standard InChI is InChI=1S/C10H6F2N2OS.3C2H6/c11-5-2-1-3-6(12)8(5)10-14-7(4-15)9(13)16-10;3*1-2/h1-4H,13H2;3*1-2H3. The summed E-state index contributed by atoms with van der Waals surface area (Å²) in [7, 11) is 0. The normalized spacial score (nSPS) is 8.36. The predicted octanol–water partition coefficient (Wildman–Crippen LogP) is 5.56. The van der Waals surface area contributed by atoms with Gasteiger partial charge in [-0.25, -0.2) is 13.8 Å². The maximum absolute atomic E-state index is 13.4. The van der Waals surface area contributed by atoms with Crippen LogP contribution in [0.2, 0.25) is 0 Å². The van der Waals surface area contributed by atoms with Crippen LogP contribution in [0.1, 0.15) is 52.0 Å². The Hall–Kier alpha value is -1.82. The van der Waals surface area contributed by atoms with Crippen LogP contribution < -0.4 is 5.73 Å². The molecule has 1 aromatic carbocycles. The fourth-order valence-corrected chi connectivity index (χ4v) is 2.08. The van der Waals surface area contributed by atoms with Gasteiger partial charge in [0.1, 0.15) is 27.3 Å². The largest absolute Gasteiger partial charge is 0.389 e. The number of benzene rings is 1. The Bertz CT molecular complexity index is 537. The smallest absolute Gasteiger partial charge is 0.171 e. The number of aldehydes is 1. The van der Waals surface area contributed by atoms with Crippen molar-refractivity contribution in [3.05, 3.63) is 35.5 Å². The number of halogens is 2. The molecule has 2 aromatic rings. The second-order valence-corrected chi connectivity index (χ2v) is 4.01. The molecule has 1 heterocycles. The van der Waals surface area contributed by atoms with Gasteiger partial charge in [-0.15, -0.1) is 0 Å². The Morgan fingerprint density at radius 2 is 1.50 bits per heavy atom. The summed E-state index contributed by atoms with van der Waals surface area (Å²) in [6.07, 6.45) is 0.452. The zero-order valence-electron chi connectivity index (χ0n) is 13.9. The third kappa shape index (κ3) is 5.89. The molecule has 0 amide bonds. The van der Waals surface area contributed by atoms with Crippen molar-refractivity contribution in [2.45, 2.75) is 41.5 Å². The molecule has 0 spiro atoms. The molecular formula is C16H24F2N2OS. The minimum Gasteiger partial charge on any atom is -0.389 e. The minimum absolute atomic E-state index is 0.00246. The second kappa shape index (κ2) is 12.9. The molecule has 1 aromatic heterocycles. The average Bonchev–Trinajstić information content (AvgIpc) is 2.93. The zero-order valence-corrected chi connectivity index (χ0v) is 14.7. The summed E-state index contributed by atoms with van der Waals surface area (Å²) < 4.78 is 26.8. The van der Waals surface area contributed by atoms with Crippen LogP contribution in [0.25, 0.3) is 10.6 Å². The summed E-state index contributed by atoms with van der Waals surface area (Å²) in [4.78, 5) is 14.3. The highest BCUT2D eigenvalue weighted by Gasteiger charge is 2.16. The Balaban J connectivity index is 0. The van der Waals surface area contributed by atoms with Crippen LogP contribution >= 0.6 is 11.3 Å². The van der Waals surface area contributed by atoms with Gasteiger partial charge in [-0.05, 0) is 12.1 Å². The molecule has 124 valence electrons. The van der Waals surface area contributed by atoms with Crippen LogP contribution in [-0.2, 0) is 0 Å². The summed E-state index contributed by atoms with van der Waals surface area (Å²) in [5.74, 6) is -1.46. The maximum atomic E-state index is 13.4. The lowest BCUT2D eigenvalue weighted by Gasteiger charge is -1.99. The Morgan fingerprint density at radius 1 is 1.05 bits per heavy atom. The van der Waals surface area contributed by atoms with Crippen molar-refractivity contribution >= 4 is 22.6 Å². The summed E-state index contributed by atoms with van der Waals surface area (Å²) >= 11 is 0.876. The van der Waals surface area contributed by atoms with Gasteiger partial charge in [0.15, 0.2) is 6.29 Å². The molecular weight excluding hydrogens is 306 g/mol. The molecule has 2 N–H and O–H groups in total. The lowest BCUT2D eigenvalue weighted by atomic mass is 10.2. The van der Waals surface area contributed by atoms with Crippen molar-refractivity contribution in [1.29, 1.82) is 0 Å². The van der Waals surface area contributed by atoms with E-state index in [4.69, 9.17) is 5.73 Å². The Labute approximate surface area is 135 Å². The zero-order chi connectivity index (χ0) is 17.7. The summed E-state index contributed by atoms with van der Waals surface area (Å²) in [6, 6.07) is 3.50. The van der Waals surface area contributed by atoms with Crippen LogP contribution in [0.3, 0.4) is 0 Å². The van der Waals surface area contributed by atoms with E-state index in [1.807, 2.05) is 41.5 Å². The van der Waals surface area contributed by atoms with E-state index in [-0.39, 0.29) is 21.3 Å². The van der Waals surface area contributed by atoms with Crippen molar-refractivity contribution in [3.63, 3.8) is 0 Å². The van der Waals surface area contributed by atoms with E-state index < -0.39 is 11.6 Å². The number of aromatic nitrogens is 1. The van der Waals surface area contributed by atoms with E-state index in [0.717, 1.165) is 23.5 Å². The van der Waals surface area contributed by atoms with Gasteiger partial charge in [-0.3, -0.25) is 4.79 Å². The summed E-state index contributed by atoms with van der Waals surface area (Å²) in [6.45, 7) is 12.0. The third-order valence-corrected chi connectivity index (χ3v) is 2.89. The molecule has 0 aliphatic carbocycles. The monoisotopic (exact) mass is 330 g/mol. The molecule has 6 heteroatoms. The first-order valence-corrected chi connectivity index (χ1v) is 8.11. The van der Waals surface area contributed by atoms with Gasteiger partial charge in [-0.2, -0.15) is 0 Å². The summed E-state index contributed by atoms with van der Waals surface area (Å²) in [5, 5.41) is 0.211. The highest BCUT2D eigenvalue weighted by molar-refractivity contribution is 7.19. The van der Waals surface area contributed by atoms with E-state index in [1.54, 1.807) is 0 Å². The van der Waals surface area contributed by atoms with Gasteiger partial charge in [-0.1, -0.05) is 58.9 Å². The molecule has 0 unspecified atom stereocenters. The number of anilines is 1. The molecule has 0 aliphatic heterocycles. The molecule has 0 fully saturated rings. The quantitative estimate of drug-likeness (QED) is 0.733. The van der Waals surface area contributed by atoms with Crippen molar-refractivity contribution in [2.24, 2.45) is 0 Å². The molecule has 22 heavy (non-hydrogen) atoms. The van der Waals surface area contributed by atoms with Gasteiger partial charge < -0.3 is 5.73 Å². The van der Waals surface area contributed by atoms with Gasteiger partial charge in [0.25, 0.3) is 0 Å². The number of hydrogen-bond donors (Lipinski definition) is 1. The third-order valence-electron chi connectivity index (χ3n) is 1.97. The van der Waals surface area contributed by atoms with E-state index >= 15 is 0 Å². The van der Waals surface area contributed by atoms with E-state index in [2.05, 4.69) is 4.98 Å². The average molecular weight is 330 g/mol. The lowest BCUT2D eigenvalue weighted by Crippen LogP contribution is -1.90. The van der Waals surface area contributed by atoms with Gasteiger partial charge in [0.05, 0.1) is 5.56 Å². The molecule has 0 saturated heterocycles. The SMILES string of the molecule is CC.CC.CC.Nc1sc(-c2c(F)cccc2F)nc1C=O. The van der Waals surface area contributed by atoms with Crippen LogP contribution in [0.15, 0.2) is 18.2 Å². The fourth-order valence-electron chi connectivity index (χ4n) is 1.24. The first kappa shape index (κ1) is 22.5. The number of thiazole rings is 1. The van der Waals surface area contributed by atoms with Crippen molar-refractivity contribution in [2.75, 3.05) is 5.73 Å². The van der Waals surface area contributed by atoms with E-state index in [1.165, 1.54) is 6.07 Å². The van der Waals surface area contributed by atoms with E-state index in [0.29, 0.717) is 6.29 Å². The molecule has 0 atom stereocenters. The fraction of sp³-hybridized carbons (Fsp3) is 0.375. The first-order chi connectivity index (χ1) is 10.6. The van der Waals surface area contributed by atoms with Crippen LogP contribution in [0.4, 0.5) is 13.8 Å². The molecule has 0 saturated carbocycles. The molecule has 0 aliphatic rings. The summed E-state index contributed by atoms with van der Waals surface area (Å²) in [5.41, 5.74) is 5.21. The minimum atomic E-state index is -0.730. The molecule has 0 bridgehead atoms. The Morgan fingerprint density at radius 3 is 1.86 bits per heavy atom. The highest BCUT2D eigenvalue weighted by Crippen LogP contribution is 2.32. The molecule has 2 rings (SSSR count). The number of carbonyl (C=O) groups is 1. The Kier molecular flexibility index (Phi) is 13.2. The number of carbonyl (C=O) groups excluding carboxylic acids is 1. The van der Waals surface area contributed by atoms with Crippen molar-refractivity contribution < 1.29 is 13.6 Å². The van der Waals surface area contributed by atoms with Gasteiger partial charge >= 0.3 is 0 Å². The number of nitrogens with zero attached hydrogens (tertiary/aromatic N) is 1. The number of rotatable bonds is 2. The number of nitrogen functional groups attached to an aromatic ring is 1. The number of nitrogens with two attached hydrogens (primary N) is 1. The second-order valence-electron chi connectivity index (χ2n) is 2.98. The predicted molar refractivity (Wildman–Crippen MR) is 91.3 cm³/mol. The highest BCUT2D eigenvalue weighted by atomic mass is 32.1. The topological polar surface area (TPSA) is 56.0 Å². The maximum Gasteiger partial charge on any atom is 0.171 e. The van der Waals surface area contributed by atoms with Crippen molar-refractivity contribution in [3.8, 4) is 10.6 Å². The van der Waals surface area contributed by atoms with Crippen LogP contribution in [0.5, 0.6) is 0 Å². The van der Waals surface area contributed by atoms with Crippen LogP contribution in [0, 0.1) is 11.6 Å². The molecule has 0 radical (unpaired) electrons. The number of hydrogen-bond acceptors (Lipinski definition) is 4. The van der Waals surface area contributed by atoms with Crippen LogP contribution in [-0.4, -0.2) is 11.3 Å². The first-order valence-electron chi connectivity index (χ1n) is 7.29. The lowest BCUT2D eigenvalue weighted by molar-refractivity contribution is 0.112. The van der Waals surface area contributed by atoms with Crippen molar-refractivity contribution in [1.82, 2.24) is 4.98 Å². The van der Waals surface area contributed by atoms with Gasteiger partial charge in [0.2, 0.25) is 0 Å². The van der Waals surface area contributed by atoms with Gasteiger partial charge in [0, 0.05) is 0 Å². The molecule has 3 nitrogen and oxygen atoms in total.